The van der Waals surface area contributed by atoms with E-state index in [4.69, 9.17) is 0 Å². The van der Waals surface area contributed by atoms with Crippen molar-refractivity contribution in [3.8, 4) is 0 Å². The molecular formula is C15H32O2. The van der Waals surface area contributed by atoms with E-state index in [-0.39, 0.29) is 19.3 Å². The molecule has 0 bridgehead atoms. The SMILES string of the molecule is C.CCCC(C)C(C)=O.CCCC(C)C(C)=O. The fourth-order valence-electron chi connectivity index (χ4n) is 1.27. The van der Waals surface area contributed by atoms with Gasteiger partial charge < -0.3 is 0 Å². The van der Waals surface area contributed by atoms with E-state index in [1.807, 2.05) is 13.8 Å². The number of hydrogen-bond acceptors (Lipinski definition) is 2. The summed E-state index contributed by atoms with van der Waals surface area (Å²) in [4.78, 5) is 21.1. The highest BCUT2D eigenvalue weighted by Gasteiger charge is 2.04. The Kier molecular flexibility index (Phi) is 17.0. The van der Waals surface area contributed by atoms with Crippen LogP contribution in [-0.2, 0) is 9.59 Å². The van der Waals surface area contributed by atoms with E-state index in [0.29, 0.717) is 11.6 Å². The zero-order chi connectivity index (χ0) is 13.1. The molecule has 0 heterocycles. The van der Waals surface area contributed by atoms with E-state index >= 15 is 0 Å². The van der Waals surface area contributed by atoms with Crippen LogP contribution in [-0.4, -0.2) is 11.6 Å². The summed E-state index contributed by atoms with van der Waals surface area (Å²) in [5.74, 6) is 1.18. The zero-order valence-corrected chi connectivity index (χ0v) is 11.8. The molecular weight excluding hydrogens is 212 g/mol. The van der Waals surface area contributed by atoms with Gasteiger partial charge in [0.05, 0.1) is 0 Å². The lowest BCUT2D eigenvalue weighted by atomic mass is 10.0. The Morgan fingerprint density at radius 2 is 1.06 bits per heavy atom. The molecule has 17 heavy (non-hydrogen) atoms. The smallest absolute Gasteiger partial charge is 0.132 e. The molecule has 2 atom stereocenters. The molecule has 0 N–H and O–H groups in total. The molecule has 2 unspecified atom stereocenters. The number of rotatable bonds is 6. The Bertz CT molecular complexity index is 175. The third-order valence-corrected chi connectivity index (χ3v) is 2.83. The molecule has 104 valence electrons. The Morgan fingerprint density at radius 1 is 0.824 bits per heavy atom. The largest absolute Gasteiger partial charge is 0.300 e. The van der Waals surface area contributed by atoms with E-state index in [0.717, 1.165) is 25.7 Å². The number of ketones is 2. The molecule has 0 aliphatic heterocycles. The van der Waals surface area contributed by atoms with Crippen molar-refractivity contribution < 1.29 is 9.59 Å². The van der Waals surface area contributed by atoms with Crippen molar-refractivity contribution in [1.29, 1.82) is 0 Å². The van der Waals surface area contributed by atoms with E-state index in [1.54, 1.807) is 13.8 Å². The summed E-state index contributed by atoms with van der Waals surface area (Å²) in [6, 6.07) is 0. The lowest BCUT2D eigenvalue weighted by Crippen LogP contribution is -2.04. The molecule has 0 saturated carbocycles. The molecule has 0 aromatic rings. The van der Waals surface area contributed by atoms with Gasteiger partial charge in [0.25, 0.3) is 0 Å². The van der Waals surface area contributed by atoms with Crippen LogP contribution >= 0.6 is 0 Å². The highest BCUT2D eigenvalue weighted by molar-refractivity contribution is 5.78. The summed E-state index contributed by atoms with van der Waals surface area (Å²) < 4.78 is 0. The molecule has 0 radical (unpaired) electrons. The lowest BCUT2D eigenvalue weighted by Gasteiger charge is -2.01. The summed E-state index contributed by atoms with van der Waals surface area (Å²) in [5, 5.41) is 0. The molecule has 2 nitrogen and oxygen atoms in total. The Balaban J connectivity index is -0.000000218. The van der Waals surface area contributed by atoms with Crippen LogP contribution in [0.15, 0.2) is 0 Å². The number of carbonyl (C=O) groups excluding carboxylic acids is 2. The number of Topliss-reactive ketones (excluding diaryl/α,β-unsaturated/α-hetero) is 2. The van der Waals surface area contributed by atoms with Gasteiger partial charge in [0.15, 0.2) is 0 Å². The monoisotopic (exact) mass is 244 g/mol. The Morgan fingerprint density at radius 3 is 1.12 bits per heavy atom. The summed E-state index contributed by atoms with van der Waals surface area (Å²) in [6.45, 7) is 11.5. The maximum atomic E-state index is 10.5. The van der Waals surface area contributed by atoms with Crippen LogP contribution in [0.3, 0.4) is 0 Å². The zero-order valence-electron chi connectivity index (χ0n) is 11.8. The van der Waals surface area contributed by atoms with Crippen LogP contribution in [0.25, 0.3) is 0 Å². The number of hydrogen-bond donors (Lipinski definition) is 0. The van der Waals surface area contributed by atoms with Gasteiger partial charge in [-0.1, -0.05) is 48.0 Å². The van der Waals surface area contributed by atoms with Gasteiger partial charge in [-0.2, -0.15) is 0 Å². The van der Waals surface area contributed by atoms with Crippen molar-refractivity contribution in [2.24, 2.45) is 11.8 Å². The average Bonchev–Trinajstić information content (AvgIpc) is 2.19. The van der Waals surface area contributed by atoms with Gasteiger partial charge in [0.2, 0.25) is 0 Å². The predicted octanol–water partition coefficient (Wildman–Crippen LogP) is 4.66. The molecule has 0 aliphatic carbocycles. The summed E-state index contributed by atoms with van der Waals surface area (Å²) in [6.07, 6.45) is 4.30. The van der Waals surface area contributed by atoms with Crippen molar-refractivity contribution in [1.82, 2.24) is 0 Å². The van der Waals surface area contributed by atoms with E-state index in [9.17, 15) is 9.59 Å². The molecule has 0 aromatic carbocycles. The average molecular weight is 244 g/mol. The van der Waals surface area contributed by atoms with Gasteiger partial charge in [0.1, 0.15) is 11.6 Å². The van der Waals surface area contributed by atoms with Gasteiger partial charge >= 0.3 is 0 Å². The second-order valence-electron chi connectivity index (χ2n) is 4.60. The van der Waals surface area contributed by atoms with Crippen LogP contribution in [0.1, 0.15) is 74.7 Å². The second kappa shape index (κ2) is 13.4. The first-order valence-electron chi connectivity index (χ1n) is 6.37. The van der Waals surface area contributed by atoms with Gasteiger partial charge in [-0.25, -0.2) is 0 Å². The number of carbonyl (C=O) groups is 2. The quantitative estimate of drug-likeness (QED) is 0.681. The van der Waals surface area contributed by atoms with Gasteiger partial charge in [0, 0.05) is 11.8 Å². The topological polar surface area (TPSA) is 34.1 Å². The standard InChI is InChI=1S/2C7H14O.CH4/c2*1-4-5-6(2)7(3)8;/h2*6H,4-5H2,1-3H3;1H4. The van der Waals surface area contributed by atoms with Crippen molar-refractivity contribution in [2.45, 2.75) is 74.7 Å². The van der Waals surface area contributed by atoms with Crippen molar-refractivity contribution in [3.05, 3.63) is 0 Å². The Hall–Kier alpha value is -0.660. The van der Waals surface area contributed by atoms with Crippen LogP contribution in [0.4, 0.5) is 0 Å². The first-order valence-corrected chi connectivity index (χ1v) is 6.37. The molecule has 0 amide bonds. The molecule has 0 fully saturated rings. The fourth-order valence-corrected chi connectivity index (χ4v) is 1.27. The first kappa shape index (κ1) is 21.6. The summed E-state index contributed by atoms with van der Waals surface area (Å²) >= 11 is 0. The minimum absolute atomic E-state index is 0. The third kappa shape index (κ3) is 15.3. The fraction of sp³-hybridized carbons (Fsp3) is 0.867. The highest BCUT2D eigenvalue weighted by atomic mass is 16.1. The van der Waals surface area contributed by atoms with Gasteiger partial charge in [-0.15, -0.1) is 0 Å². The maximum absolute atomic E-state index is 10.5. The van der Waals surface area contributed by atoms with Crippen LogP contribution in [0.2, 0.25) is 0 Å². The molecule has 0 aromatic heterocycles. The minimum Gasteiger partial charge on any atom is -0.300 e. The first-order chi connectivity index (χ1) is 7.36. The van der Waals surface area contributed by atoms with E-state index < -0.39 is 0 Å². The van der Waals surface area contributed by atoms with Crippen molar-refractivity contribution in [3.63, 3.8) is 0 Å². The maximum Gasteiger partial charge on any atom is 0.132 e. The van der Waals surface area contributed by atoms with E-state index in [1.165, 1.54) is 0 Å². The van der Waals surface area contributed by atoms with Gasteiger partial charge in [-0.05, 0) is 26.7 Å². The van der Waals surface area contributed by atoms with Gasteiger partial charge in [-0.3, -0.25) is 9.59 Å². The lowest BCUT2D eigenvalue weighted by molar-refractivity contribution is -0.121. The second-order valence-corrected chi connectivity index (χ2v) is 4.60. The third-order valence-electron chi connectivity index (χ3n) is 2.83. The Labute approximate surface area is 108 Å². The highest BCUT2D eigenvalue weighted by Crippen LogP contribution is 2.05. The molecule has 2 heteroatoms. The molecule has 0 spiro atoms. The molecule has 0 rings (SSSR count). The van der Waals surface area contributed by atoms with Crippen LogP contribution in [0.5, 0.6) is 0 Å². The van der Waals surface area contributed by atoms with Crippen LogP contribution < -0.4 is 0 Å². The molecule has 0 saturated heterocycles. The summed E-state index contributed by atoms with van der Waals surface area (Å²) in [7, 11) is 0. The van der Waals surface area contributed by atoms with E-state index in [2.05, 4.69) is 13.8 Å². The van der Waals surface area contributed by atoms with Crippen molar-refractivity contribution >= 4 is 11.6 Å². The molecule has 0 aliphatic rings. The predicted molar refractivity (Wildman–Crippen MR) is 76.2 cm³/mol. The minimum atomic E-state index is 0. The summed E-state index contributed by atoms with van der Waals surface area (Å²) in [5.41, 5.74) is 0. The normalized spacial score (nSPS) is 12.6. The van der Waals surface area contributed by atoms with Crippen LogP contribution in [0, 0.1) is 11.8 Å². The van der Waals surface area contributed by atoms with Crippen molar-refractivity contribution in [2.75, 3.05) is 0 Å².